The molecule has 0 aliphatic carbocycles. The van der Waals surface area contributed by atoms with E-state index in [9.17, 15) is 0 Å². The Morgan fingerprint density at radius 2 is 1.41 bits per heavy atom. The molecule has 0 N–H and O–H groups in total. The quantitative estimate of drug-likeness (QED) is 0.322. The van der Waals surface area contributed by atoms with Crippen LogP contribution in [-0.2, 0) is 0 Å². The Morgan fingerprint density at radius 1 is 0.818 bits per heavy atom. The van der Waals surface area contributed by atoms with E-state index in [-0.39, 0.29) is 0 Å². The topological polar surface area (TPSA) is 0 Å². The maximum Gasteiger partial charge on any atom is -0.0323 e. The summed E-state index contributed by atoms with van der Waals surface area (Å²) in [6.45, 7) is 19.5. The molecule has 0 rings (SSSR count). The summed E-state index contributed by atoms with van der Waals surface area (Å²) in [6, 6.07) is 0. The van der Waals surface area contributed by atoms with E-state index in [2.05, 4.69) is 55.4 Å². The Bertz CT molecular complexity index is 251. The Kier molecular flexibility index (Phi) is 11.5. The van der Waals surface area contributed by atoms with Crippen LogP contribution in [0.25, 0.3) is 0 Å². The fourth-order valence-electron chi connectivity index (χ4n) is 4.39. The highest BCUT2D eigenvalue weighted by Gasteiger charge is 2.34. The summed E-state index contributed by atoms with van der Waals surface area (Å²) in [7, 11) is 0. The molecule has 0 bridgehead atoms. The summed E-state index contributed by atoms with van der Waals surface area (Å²) < 4.78 is 0. The number of unbranched alkanes of at least 4 members (excludes halogenated alkanes) is 2. The van der Waals surface area contributed by atoms with E-state index < -0.39 is 0 Å². The van der Waals surface area contributed by atoms with Crippen molar-refractivity contribution in [3.05, 3.63) is 0 Å². The molecule has 0 amide bonds. The van der Waals surface area contributed by atoms with E-state index in [4.69, 9.17) is 0 Å². The largest absolute Gasteiger partial charge is 0.0654 e. The van der Waals surface area contributed by atoms with Crippen LogP contribution < -0.4 is 0 Å². The Hall–Kier alpha value is 0. The second kappa shape index (κ2) is 11.5. The van der Waals surface area contributed by atoms with Crippen molar-refractivity contribution in [2.24, 2.45) is 29.1 Å². The first-order valence-electron chi connectivity index (χ1n) is 10.3. The lowest BCUT2D eigenvalue weighted by Gasteiger charge is -2.41. The van der Waals surface area contributed by atoms with Gasteiger partial charge in [-0.25, -0.2) is 0 Å². The number of hydrogen-bond acceptors (Lipinski definition) is 0. The van der Waals surface area contributed by atoms with Gasteiger partial charge in [-0.15, -0.1) is 0 Å². The Labute approximate surface area is 142 Å². The van der Waals surface area contributed by atoms with Gasteiger partial charge < -0.3 is 0 Å². The fraction of sp³-hybridized carbons (Fsp3) is 1.00. The molecule has 0 aromatic carbocycles. The normalized spacial score (nSPS) is 16.8. The van der Waals surface area contributed by atoms with Crippen molar-refractivity contribution in [3.63, 3.8) is 0 Å². The van der Waals surface area contributed by atoms with Crippen molar-refractivity contribution >= 4 is 0 Å². The van der Waals surface area contributed by atoms with Crippen molar-refractivity contribution in [2.75, 3.05) is 0 Å². The number of hydrogen-bond donors (Lipinski definition) is 0. The minimum absolute atomic E-state index is 0.504. The van der Waals surface area contributed by atoms with Gasteiger partial charge in [-0.05, 0) is 48.3 Å². The van der Waals surface area contributed by atoms with E-state index in [1.54, 1.807) is 0 Å². The summed E-state index contributed by atoms with van der Waals surface area (Å²) >= 11 is 0. The number of rotatable bonds is 13. The van der Waals surface area contributed by atoms with Crippen molar-refractivity contribution in [1.29, 1.82) is 0 Å². The zero-order valence-electron chi connectivity index (χ0n) is 17.2. The molecule has 3 unspecified atom stereocenters. The highest BCUT2D eigenvalue weighted by molar-refractivity contribution is 4.84. The minimum Gasteiger partial charge on any atom is -0.0654 e. The van der Waals surface area contributed by atoms with Crippen LogP contribution in [0.5, 0.6) is 0 Å². The SMILES string of the molecule is CCCCC(CC)CC(C(C)CC(C)C)C(C)(C)CCCC. The van der Waals surface area contributed by atoms with Crippen LogP contribution in [0.15, 0.2) is 0 Å². The predicted octanol–water partition coefficient (Wildman–Crippen LogP) is 8.11. The van der Waals surface area contributed by atoms with E-state index in [0.717, 1.165) is 23.7 Å². The molecule has 0 spiro atoms. The van der Waals surface area contributed by atoms with Crippen LogP contribution in [0.3, 0.4) is 0 Å². The highest BCUT2D eigenvalue weighted by atomic mass is 14.4. The molecule has 0 saturated heterocycles. The van der Waals surface area contributed by atoms with Crippen LogP contribution in [0.1, 0.15) is 113 Å². The molecule has 0 radical (unpaired) electrons. The van der Waals surface area contributed by atoms with Crippen molar-refractivity contribution in [1.82, 2.24) is 0 Å². The molecule has 0 aliphatic rings. The molecule has 0 aromatic heterocycles. The summed E-state index contributed by atoms with van der Waals surface area (Å²) in [5.41, 5.74) is 0.504. The molecule has 0 aliphatic heterocycles. The lowest BCUT2D eigenvalue weighted by molar-refractivity contribution is 0.0883. The highest BCUT2D eigenvalue weighted by Crippen LogP contribution is 2.44. The maximum absolute atomic E-state index is 2.55. The van der Waals surface area contributed by atoms with Gasteiger partial charge in [0.1, 0.15) is 0 Å². The summed E-state index contributed by atoms with van der Waals surface area (Å²) in [4.78, 5) is 0. The van der Waals surface area contributed by atoms with E-state index in [1.807, 2.05) is 0 Å². The molecular weight excluding hydrogens is 264 g/mol. The van der Waals surface area contributed by atoms with Crippen LogP contribution in [0.4, 0.5) is 0 Å². The predicted molar refractivity (Wildman–Crippen MR) is 103 cm³/mol. The van der Waals surface area contributed by atoms with Gasteiger partial charge >= 0.3 is 0 Å². The van der Waals surface area contributed by atoms with Crippen LogP contribution >= 0.6 is 0 Å². The molecule has 0 aromatic rings. The monoisotopic (exact) mass is 310 g/mol. The fourth-order valence-corrected chi connectivity index (χ4v) is 4.39. The first kappa shape index (κ1) is 22.0. The summed E-state index contributed by atoms with van der Waals surface area (Å²) in [5, 5.41) is 0. The third kappa shape index (κ3) is 8.59. The van der Waals surface area contributed by atoms with Crippen molar-refractivity contribution < 1.29 is 0 Å². The maximum atomic E-state index is 2.55. The van der Waals surface area contributed by atoms with E-state index >= 15 is 0 Å². The smallest absolute Gasteiger partial charge is 0.0323 e. The molecular formula is C22H46. The van der Waals surface area contributed by atoms with Gasteiger partial charge in [-0.1, -0.05) is 93.9 Å². The molecule has 0 fully saturated rings. The zero-order chi connectivity index (χ0) is 17.2. The van der Waals surface area contributed by atoms with E-state index in [0.29, 0.717) is 5.41 Å². The molecule has 0 heterocycles. The van der Waals surface area contributed by atoms with Gasteiger partial charge in [-0.2, -0.15) is 0 Å². The van der Waals surface area contributed by atoms with Gasteiger partial charge in [0.25, 0.3) is 0 Å². The molecule has 0 nitrogen and oxygen atoms in total. The molecule has 0 saturated carbocycles. The summed E-state index contributed by atoms with van der Waals surface area (Å²) in [6.07, 6.45) is 12.6. The van der Waals surface area contributed by atoms with Crippen molar-refractivity contribution in [3.8, 4) is 0 Å². The van der Waals surface area contributed by atoms with Crippen LogP contribution in [-0.4, -0.2) is 0 Å². The van der Waals surface area contributed by atoms with Gasteiger partial charge in [0.15, 0.2) is 0 Å². The molecule has 0 heteroatoms. The van der Waals surface area contributed by atoms with Crippen molar-refractivity contribution in [2.45, 2.75) is 113 Å². The van der Waals surface area contributed by atoms with Gasteiger partial charge in [-0.3, -0.25) is 0 Å². The zero-order valence-corrected chi connectivity index (χ0v) is 17.2. The average Bonchev–Trinajstić information content (AvgIpc) is 2.44. The Balaban J connectivity index is 4.97. The average molecular weight is 311 g/mol. The summed E-state index contributed by atoms with van der Waals surface area (Å²) in [5.74, 6) is 3.53. The van der Waals surface area contributed by atoms with Crippen LogP contribution in [0, 0.1) is 29.1 Å². The minimum atomic E-state index is 0.504. The molecule has 22 heavy (non-hydrogen) atoms. The van der Waals surface area contributed by atoms with E-state index in [1.165, 1.54) is 57.8 Å². The second-order valence-corrected chi connectivity index (χ2v) is 8.96. The lowest BCUT2D eigenvalue weighted by atomic mass is 9.64. The third-order valence-electron chi connectivity index (χ3n) is 5.84. The van der Waals surface area contributed by atoms with Crippen LogP contribution in [0.2, 0.25) is 0 Å². The standard InChI is InChI=1S/C22H46/c1-9-12-14-20(11-3)17-21(19(6)16-18(4)5)22(7,8)15-13-10-2/h18-21H,9-17H2,1-8H3. The first-order valence-corrected chi connectivity index (χ1v) is 10.3. The lowest BCUT2D eigenvalue weighted by Crippen LogP contribution is -2.32. The molecule has 134 valence electrons. The third-order valence-corrected chi connectivity index (χ3v) is 5.84. The Morgan fingerprint density at radius 3 is 1.86 bits per heavy atom. The van der Waals surface area contributed by atoms with Gasteiger partial charge in [0.2, 0.25) is 0 Å². The second-order valence-electron chi connectivity index (χ2n) is 8.96. The van der Waals surface area contributed by atoms with Gasteiger partial charge in [0.05, 0.1) is 0 Å². The molecule has 3 atom stereocenters. The van der Waals surface area contributed by atoms with Gasteiger partial charge in [0, 0.05) is 0 Å². The first-order chi connectivity index (χ1) is 10.3.